The Kier molecular flexibility index (Phi) is 3.88. The minimum Gasteiger partial charge on any atom is -0.396 e. The highest BCUT2D eigenvalue weighted by Crippen LogP contribution is 2.29. The van der Waals surface area contributed by atoms with Gasteiger partial charge in [-0.25, -0.2) is 0 Å². The van der Waals surface area contributed by atoms with Crippen LogP contribution in [0.1, 0.15) is 43.0 Å². The Morgan fingerprint density at radius 2 is 1.05 bits per heavy atom. The van der Waals surface area contributed by atoms with Crippen LogP contribution >= 0.6 is 0 Å². The fourth-order valence-electron chi connectivity index (χ4n) is 2.81. The summed E-state index contributed by atoms with van der Waals surface area (Å²) in [5.41, 5.74) is 3.28. The maximum absolute atomic E-state index is 12.6. The zero-order valence-corrected chi connectivity index (χ0v) is 12.0. The van der Waals surface area contributed by atoms with Gasteiger partial charge in [-0.05, 0) is 36.1 Å². The third-order valence-corrected chi connectivity index (χ3v) is 3.95. The van der Waals surface area contributed by atoms with Crippen LogP contribution in [0.25, 0.3) is 0 Å². The van der Waals surface area contributed by atoms with Crippen molar-refractivity contribution in [2.24, 2.45) is 0 Å². The highest BCUT2D eigenvalue weighted by molar-refractivity contribution is 6.28. The first-order valence-corrected chi connectivity index (χ1v) is 7.22. The van der Waals surface area contributed by atoms with Crippen molar-refractivity contribution in [1.82, 2.24) is 0 Å². The Balaban J connectivity index is 2.10. The molecular formula is C18H16O4. The fraction of sp³-hybridized carbons (Fsp3) is 0.222. The van der Waals surface area contributed by atoms with E-state index in [9.17, 15) is 9.59 Å². The molecule has 112 valence electrons. The van der Waals surface area contributed by atoms with Crippen LogP contribution in [0.3, 0.4) is 0 Å². The molecule has 22 heavy (non-hydrogen) atoms. The third-order valence-electron chi connectivity index (χ3n) is 3.95. The van der Waals surface area contributed by atoms with Gasteiger partial charge in [0.1, 0.15) is 0 Å². The van der Waals surface area contributed by atoms with E-state index in [-0.39, 0.29) is 24.8 Å². The van der Waals surface area contributed by atoms with Crippen molar-refractivity contribution >= 4 is 11.6 Å². The number of hydrogen-bond acceptors (Lipinski definition) is 4. The van der Waals surface area contributed by atoms with Crippen molar-refractivity contribution in [2.45, 2.75) is 12.8 Å². The number of aliphatic hydroxyl groups is 2. The molecule has 1 aliphatic rings. The Morgan fingerprint density at radius 3 is 1.41 bits per heavy atom. The number of fused-ring (bicyclic) bond motifs is 2. The second-order valence-electron chi connectivity index (χ2n) is 5.37. The van der Waals surface area contributed by atoms with E-state index in [0.29, 0.717) is 35.1 Å². The van der Waals surface area contributed by atoms with Crippen LogP contribution in [0.4, 0.5) is 0 Å². The van der Waals surface area contributed by atoms with Gasteiger partial charge >= 0.3 is 0 Å². The molecule has 0 heterocycles. The predicted octanol–water partition coefficient (Wildman–Crippen LogP) is 1.53. The molecule has 2 N–H and O–H groups in total. The molecule has 0 radical (unpaired) electrons. The average molecular weight is 296 g/mol. The molecule has 2 aromatic carbocycles. The monoisotopic (exact) mass is 296 g/mol. The molecule has 0 spiro atoms. The number of carbonyl (C=O) groups is 2. The van der Waals surface area contributed by atoms with Crippen molar-refractivity contribution in [3.05, 3.63) is 69.8 Å². The van der Waals surface area contributed by atoms with Crippen LogP contribution in [-0.2, 0) is 12.8 Å². The Labute approximate surface area is 128 Å². The molecule has 0 fully saturated rings. The van der Waals surface area contributed by atoms with E-state index in [2.05, 4.69) is 0 Å². The van der Waals surface area contributed by atoms with Gasteiger partial charge in [-0.2, -0.15) is 0 Å². The highest BCUT2D eigenvalue weighted by Gasteiger charge is 2.29. The van der Waals surface area contributed by atoms with Crippen LogP contribution in [0.5, 0.6) is 0 Å². The van der Waals surface area contributed by atoms with Gasteiger partial charge < -0.3 is 10.2 Å². The number of hydrogen-bond donors (Lipinski definition) is 2. The van der Waals surface area contributed by atoms with E-state index in [0.717, 1.165) is 11.1 Å². The zero-order valence-electron chi connectivity index (χ0n) is 12.0. The molecule has 4 nitrogen and oxygen atoms in total. The minimum atomic E-state index is -0.167. The first kappa shape index (κ1) is 14.6. The molecule has 0 unspecified atom stereocenters. The van der Waals surface area contributed by atoms with Crippen molar-refractivity contribution in [1.29, 1.82) is 0 Å². The second kappa shape index (κ2) is 5.83. The predicted molar refractivity (Wildman–Crippen MR) is 81.3 cm³/mol. The molecule has 0 aromatic heterocycles. The van der Waals surface area contributed by atoms with Crippen molar-refractivity contribution in [2.75, 3.05) is 13.2 Å². The largest absolute Gasteiger partial charge is 0.396 e. The van der Waals surface area contributed by atoms with Crippen LogP contribution in [0, 0.1) is 0 Å². The number of rotatable bonds is 4. The maximum atomic E-state index is 12.6. The summed E-state index contributed by atoms with van der Waals surface area (Å²) in [7, 11) is 0. The van der Waals surface area contributed by atoms with Gasteiger partial charge in [-0.3, -0.25) is 9.59 Å². The Bertz CT molecular complexity index is 696. The van der Waals surface area contributed by atoms with Gasteiger partial charge in [0.05, 0.1) is 0 Å². The quantitative estimate of drug-likeness (QED) is 0.765. The van der Waals surface area contributed by atoms with E-state index >= 15 is 0 Å². The van der Waals surface area contributed by atoms with Gasteiger partial charge in [0.25, 0.3) is 0 Å². The maximum Gasteiger partial charge on any atom is 0.194 e. The molecule has 3 rings (SSSR count). The van der Waals surface area contributed by atoms with Gasteiger partial charge in [0.2, 0.25) is 0 Å². The lowest BCUT2D eigenvalue weighted by molar-refractivity contribution is 0.0979. The molecule has 0 amide bonds. The number of benzene rings is 2. The smallest absolute Gasteiger partial charge is 0.194 e. The summed E-state index contributed by atoms with van der Waals surface area (Å²) in [5, 5.41) is 18.0. The topological polar surface area (TPSA) is 74.6 Å². The second-order valence-corrected chi connectivity index (χ2v) is 5.37. The van der Waals surface area contributed by atoms with E-state index in [1.54, 1.807) is 36.4 Å². The Morgan fingerprint density at radius 1 is 0.636 bits per heavy atom. The first-order valence-electron chi connectivity index (χ1n) is 7.22. The summed E-state index contributed by atoms with van der Waals surface area (Å²) in [6.45, 7) is 0.00403. The summed E-state index contributed by atoms with van der Waals surface area (Å²) < 4.78 is 0. The molecule has 0 saturated heterocycles. The standard InChI is InChI=1S/C18H16O4/c19-7-5-11-1-3-13-15(9-11)18(22)14-4-2-12(6-8-20)10-16(14)17(13)21/h1-4,9-10,19-20H,5-8H2. The van der Waals surface area contributed by atoms with Crippen molar-refractivity contribution in [3.8, 4) is 0 Å². The van der Waals surface area contributed by atoms with Crippen molar-refractivity contribution < 1.29 is 19.8 Å². The van der Waals surface area contributed by atoms with Crippen LogP contribution in [0.2, 0.25) is 0 Å². The Hall–Kier alpha value is -2.30. The summed E-state index contributed by atoms with van der Waals surface area (Å²) in [5.74, 6) is -0.333. The van der Waals surface area contributed by atoms with Crippen LogP contribution < -0.4 is 0 Å². The van der Waals surface area contributed by atoms with Gasteiger partial charge in [0, 0.05) is 35.5 Å². The molecule has 2 aromatic rings. The third kappa shape index (κ3) is 2.36. The van der Waals surface area contributed by atoms with E-state index in [1.807, 2.05) is 0 Å². The van der Waals surface area contributed by atoms with Gasteiger partial charge in [0.15, 0.2) is 11.6 Å². The van der Waals surface area contributed by atoms with Crippen LogP contribution in [-0.4, -0.2) is 35.0 Å². The van der Waals surface area contributed by atoms with Gasteiger partial charge in [-0.1, -0.05) is 24.3 Å². The molecular weight excluding hydrogens is 280 g/mol. The van der Waals surface area contributed by atoms with E-state index < -0.39 is 0 Å². The van der Waals surface area contributed by atoms with Crippen molar-refractivity contribution in [3.63, 3.8) is 0 Å². The SMILES string of the molecule is O=C1c2ccc(CCO)cc2C(=O)c2ccc(CCO)cc21. The first-order chi connectivity index (χ1) is 10.7. The molecule has 1 aliphatic carbocycles. The molecule has 0 bridgehead atoms. The van der Waals surface area contributed by atoms with E-state index in [4.69, 9.17) is 10.2 Å². The normalized spacial score (nSPS) is 13.0. The summed E-state index contributed by atoms with van der Waals surface area (Å²) in [6, 6.07) is 10.2. The lowest BCUT2D eigenvalue weighted by Gasteiger charge is -2.19. The number of carbonyl (C=O) groups excluding carboxylic acids is 2. The van der Waals surface area contributed by atoms with E-state index in [1.165, 1.54) is 0 Å². The summed E-state index contributed by atoms with van der Waals surface area (Å²) in [6.07, 6.45) is 0.911. The number of ketones is 2. The average Bonchev–Trinajstić information content (AvgIpc) is 2.53. The van der Waals surface area contributed by atoms with Crippen LogP contribution in [0.15, 0.2) is 36.4 Å². The number of aliphatic hydroxyl groups excluding tert-OH is 2. The molecule has 0 saturated carbocycles. The highest BCUT2D eigenvalue weighted by atomic mass is 16.3. The lowest BCUT2D eigenvalue weighted by atomic mass is 9.82. The summed E-state index contributed by atoms with van der Waals surface area (Å²) in [4.78, 5) is 25.2. The molecule has 0 atom stereocenters. The van der Waals surface area contributed by atoms with Gasteiger partial charge in [-0.15, -0.1) is 0 Å². The lowest BCUT2D eigenvalue weighted by Crippen LogP contribution is -2.21. The molecule has 0 aliphatic heterocycles. The summed E-state index contributed by atoms with van der Waals surface area (Å²) >= 11 is 0. The fourth-order valence-corrected chi connectivity index (χ4v) is 2.81. The molecule has 4 heteroatoms. The minimum absolute atomic E-state index is 0.00201. The zero-order chi connectivity index (χ0) is 15.7.